The van der Waals surface area contributed by atoms with Gasteiger partial charge in [-0.15, -0.1) is 0 Å². The number of nitrogens with one attached hydrogen (secondary N) is 1. The van der Waals surface area contributed by atoms with Crippen LogP contribution >= 0.6 is 0 Å². The first kappa shape index (κ1) is 20.1. The topological polar surface area (TPSA) is 63.8 Å². The molecule has 0 amide bonds. The number of oxazole rings is 1. The Balaban J connectivity index is 1.59. The molecule has 0 saturated heterocycles. The van der Waals surface area contributed by atoms with Crippen molar-refractivity contribution in [1.29, 1.82) is 0 Å². The molecule has 30 heavy (non-hydrogen) atoms. The van der Waals surface area contributed by atoms with Gasteiger partial charge in [-0.3, -0.25) is 0 Å². The third kappa shape index (κ3) is 4.85. The fourth-order valence-corrected chi connectivity index (χ4v) is 3.48. The Morgan fingerprint density at radius 1 is 0.733 bits per heavy atom. The minimum atomic E-state index is 0.563. The van der Waals surface area contributed by atoms with Crippen molar-refractivity contribution in [1.82, 2.24) is 15.0 Å². The van der Waals surface area contributed by atoms with Crippen molar-refractivity contribution in [2.24, 2.45) is 0 Å². The van der Waals surface area contributed by atoms with Crippen LogP contribution in [-0.2, 0) is 0 Å². The van der Waals surface area contributed by atoms with Gasteiger partial charge in [0.05, 0.1) is 0 Å². The zero-order valence-electron chi connectivity index (χ0n) is 17.5. The maximum atomic E-state index is 6.09. The molecule has 0 bridgehead atoms. The maximum absolute atomic E-state index is 6.09. The second-order valence-electron chi connectivity index (χ2n) is 7.49. The second kappa shape index (κ2) is 10.0. The van der Waals surface area contributed by atoms with Crippen LogP contribution in [0, 0.1) is 0 Å². The van der Waals surface area contributed by atoms with Crippen LogP contribution in [0.1, 0.15) is 45.4 Å². The summed E-state index contributed by atoms with van der Waals surface area (Å²) in [5, 5.41) is 3.47. The van der Waals surface area contributed by atoms with Crippen LogP contribution in [-0.4, -0.2) is 21.5 Å². The van der Waals surface area contributed by atoms with Crippen LogP contribution < -0.4 is 5.32 Å². The minimum absolute atomic E-state index is 0.563. The molecule has 5 heteroatoms. The number of hydrogen-bond donors (Lipinski definition) is 1. The Morgan fingerprint density at radius 2 is 1.40 bits per heavy atom. The molecule has 4 aromatic rings. The lowest BCUT2D eigenvalue weighted by atomic mass is 10.1. The molecule has 2 aromatic carbocycles. The lowest BCUT2D eigenvalue weighted by Gasteiger charge is -2.08. The Kier molecular flexibility index (Phi) is 6.70. The van der Waals surface area contributed by atoms with Crippen molar-refractivity contribution >= 4 is 17.0 Å². The summed E-state index contributed by atoms with van der Waals surface area (Å²) in [6.45, 7) is 3.10. The van der Waals surface area contributed by atoms with Crippen molar-refractivity contribution < 1.29 is 4.42 Å². The highest BCUT2D eigenvalue weighted by atomic mass is 16.3. The number of hydrogen-bond acceptors (Lipinski definition) is 5. The normalized spacial score (nSPS) is 11.1. The summed E-state index contributed by atoms with van der Waals surface area (Å²) in [5.74, 6) is 1.93. The smallest absolute Gasteiger partial charge is 0.229 e. The molecule has 2 aromatic heterocycles. The summed E-state index contributed by atoms with van der Waals surface area (Å²) in [6, 6.07) is 19.9. The van der Waals surface area contributed by atoms with E-state index in [-0.39, 0.29) is 0 Å². The molecule has 0 radical (unpaired) electrons. The number of anilines is 1. The van der Waals surface area contributed by atoms with Gasteiger partial charge in [0.1, 0.15) is 0 Å². The number of benzene rings is 2. The molecule has 0 aliphatic rings. The van der Waals surface area contributed by atoms with Gasteiger partial charge in [0.25, 0.3) is 0 Å². The Hall–Kier alpha value is -3.21. The zero-order chi connectivity index (χ0) is 20.6. The molecule has 5 nitrogen and oxygen atoms in total. The first-order valence-electron chi connectivity index (χ1n) is 10.9. The van der Waals surface area contributed by atoms with E-state index in [1.54, 1.807) is 0 Å². The van der Waals surface area contributed by atoms with Crippen molar-refractivity contribution in [3.8, 4) is 22.8 Å². The highest BCUT2D eigenvalue weighted by Gasteiger charge is 2.16. The third-order valence-corrected chi connectivity index (χ3v) is 5.13. The van der Waals surface area contributed by atoms with Gasteiger partial charge in [-0.1, -0.05) is 87.6 Å². The molecular weight excluding hydrogens is 372 g/mol. The predicted octanol–water partition coefficient (Wildman–Crippen LogP) is 6.72. The van der Waals surface area contributed by atoms with Crippen molar-refractivity contribution in [2.75, 3.05) is 11.9 Å². The first-order chi connectivity index (χ1) is 14.8. The summed E-state index contributed by atoms with van der Waals surface area (Å²) in [6.07, 6.45) is 7.52. The van der Waals surface area contributed by atoms with E-state index >= 15 is 0 Å². The summed E-state index contributed by atoms with van der Waals surface area (Å²) in [5.41, 5.74) is 3.08. The largest absolute Gasteiger partial charge is 0.430 e. The van der Waals surface area contributed by atoms with Crippen LogP contribution in [0.3, 0.4) is 0 Å². The van der Waals surface area contributed by atoms with E-state index in [9.17, 15) is 0 Å². The van der Waals surface area contributed by atoms with E-state index in [1.807, 2.05) is 60.7 Å². The van der Waals surface area contributed by atoms with E-state index in [0.717, 1.165) is 24.1 Å². The van der Waals surface area contributed by atoms with Gasteiger partial charge in [0.2, 0.25) is 17.1 Å². The molecule has 1 N–H and O–H groups in total. The second-order valence-corrected chi connectivity index (χ2v) is 7.49. The molecule has 0 aliphatic carbocycles. The van der Waals surface area contributed by atoms with Crippen LogP contribution in [0.2, 0.25) is 0 Å². The minimum Gasteiger partial charge on any atom is -0.430 e. The van der Waals surface area contributed by atoms with E-state index < -0.39 is 0 Å². The van der Waals surface area contributed by atoms with E-state index in [1.165, 1.54) is 32.1 Å². The summed E-state index contributed by atoms with van der Waals surface area (Å²) in [7, 11) is 0. The summed E-state index contributed by atoms with van der Waals surface area (Å²) < 4.78 is 6.09. The van der Waals surface area contributed by atoms with Crippen LogP contribution in [0.15, 0.2) is 65.1 Å². The van der Waals surface area contributed by atoms with Crippen LogP contribution in [0.5, 0.6) is 0 Å². The molecule has 0 fully saturated rings. The highest BCUT2D eigenvalue weighted by Crippen LogP contribution is 2.29. The zero-order valence-corrected chi connectivity index (χ0v) is 17.5. The number of unbranched alkanes of at least 4 members (excludes halogenated alkanes) is 5. The molecule has 154 valence electrons. The Morgan fingerprint density at radius 3 is 2.13 bits per heavy atom. The van der Waals surface area contributed by atoms with Crippen LogP contribution in [0.25, 0.3) is 34.1 Å². The Labute approximate surface area is 177 Å². The average Bonchev–Trinajstić information content (AvgIpc) is 3.24. The van der Waals surface area contributed by atoms with Gasteiger partial charge in [0.15, 0.2) is 11.6 Å². The quantitative estimate of drug-likeness (QED) is 0.299. The number of aromatic nitrogens is 3. The van der Waals surface area contributed by atoms with E-state index in [2.05, 4.69) is 22.2 Å². The maximum Gasteiger partial charge on any atom is 0.229 e. The number of nitrogens with zero attached hydrogens (tertiary/aromatic N) is 3. The molecule has 0 saturated carbocycles. The van der Waals surface area contributed by atoms with Crippen molar-refractivity contribution in [2.45, 2.75) is 45.4 Å². The van der Waals surface area contributed by atoms with Gasteiger partial charge < -0.3 is 9.73 Å². The van der Waals surface area contributed by atoms with Crippen molar-refractivity contribution in [3.63, 3.8) is 0 Å². The lowest BCUT2D eigenvalue weighted by Crippen LogP contribution is -2.05. The van der Waals surface area contributed by atoms with Gasteiger partial charge in [-0.05, 0) is 18.6 Å². The summed E-state index contributed by atoms with van der Waals surface area (Å²) in [4.78, 5) is 14.1. The summed E-state index contributed by atoms with van der Waals surface area (Å²) >= 11 is 0. The molecule has 0 unspecified atom stereocenters. The molecule has 0 spiro atoms. The lowest BCUT2D eigenvalue weighted by molar-refractivity contribution is 0.612. The molecule has 0 aliphatic heterocycles. The van der Waals surface area contributed by atoms with Crippen molar-refractivity contribution in [3.05, 3.63) is 60.7 Å². The standard InChI is InChI=1S/C25H28N4O/c1-2-3-4-5-6-13-18-26-23-21-24(28-22(27-23)19-14-9-7-10-15-19)29-25(30-21)20-16-11-8-12-17-20/h7-12,14-17H,2-6,13,18H2,1H3,(H,26,27,28). The SMILES string of the molecule is CCCCCCCCNc1nc(-c2ccccc2)nc2nc(-c3ccccc3)oc12. The number of rotatable bonds is 10. The van der Waals surface area contributed by atoms with E-state index in [4.69, 9.17) is 9.40 Å². The average molecular weight is 401 g/mol. The van der Waals surface area contributed by atoms with Gasteiger partial charge in [-0.2, -0.15) is 4.98 Å². The van der Waals surface area contributed by atoms with E-state index in [0.29, 0.717) is 28.8 Å². The van der Waals surface area contributed by atoms with Gasteiger partial charge in [0, 0.05) is 17.7 Å². The van der Waals surface area contributed by atoms with Gasteiger partial charge in [-0.25, -0.2) is 9.97 Å². The molecular formula is C25H28N4O. The first-order valence-corrected chi connectivity index (χ1v) is 10.9. The fraction of sp³-hybridized carbons (Fsp3) is 0.320. The molecule has 2 heterocycles. The predicted molar refractivity (Wildman–Crippen MR) is 122 cm³/mol. The van der Waals surface area contributed by atoms with Gasteiger partial charge >= 0.3 is 0 Å². The fourth-order valence-electron chi connectivity index (χ4n) is 3.48. The monoisotopic (exact) mass is 400 g/mol. The highest BCUT2D eigenvalue weighted by molar-refractivity contribution is 5.84. The van der Waals surface area contributed by atoms with Crippen LogP contribution in [0.4, 0.5) is 5.82 Å². The number of fused-ring (bicyclic) bond motifs is 1. The molecule has 0 atom stereocenters. The Bertz CT molecular complexity index is 1060. The molecule has 4 rings (SSSR count). The third-order valence-electron chi connectivity index (χ3n) is 5.13.